The number of aryl methyl sites for hydroxylation is 2. The van der Waals surface area contributed by atoms with Crippen LogP contribution in [0.15, 0.2) is 36.4 Å². The Morgan fingerprint density at radius 2 is 1.79 bits per heavy atom. The van der Waals surface area contributed by atoms with Crippen molar-refractivity contribution in [3.63, 3.8) is 0 Å². The first-order chi connectivity index (χ1) is 14.0. The fourth-order valence-corrected chi connectivity index (χ4v) is 4.89. The SMILES string of the molecule is COc1cc2c(cc1CN1CCC(NC(C)=O)(c3ccc(F)cc3)CC1)CCC2. The van der Waals surface area contributed by atoms with E-state index in [-0.39, 0.29) is 11.7 Å². The molecule has 0 saturated carbocycles. The molecule has 1 aliphatic carbocycles. The van der Waals surface area contributed by atoms with Gasteiger partial charge in [0.2, 0.25) is 5.91 Å². The number of nitrogens with zero attached hydrogens (tertiary/aromatic N) is 1. The maximum absolute atomic E-state index is 13.4. The molecule has 1 amide bonds. The van der Waals surface area contributed by atoms with Crippen molar-refractivity contribution in [1.29, 1.82) is 0 Å². The summed E-state index contributed by atoms with van der Waals surface area (Å²) in [5.41, 5.74) is 4.66. The van der Waals surface area contributed by atoms with Crippen molar-refractivity contribution in [2.24, 2.45) is 0 Å². The van der Waals surface area contributed by atoms with Gasteiger partial charge in [0.25, 0.3) is 0 Å². The maximum atomic E-state index is 13.4. The molecule has 1 N–H and O–H groups in total. The summed E-state index contributed by atoms with van der Waals surface area (Å²) in [6.45, 7) is 4.11. The second-order valence-electron chi connectivity index (χ2n) is 8.33. The number of carbonyl (C=O) groups is 1. The van der Waals surface area contributed by atoms with E-state index in [0.29, 0.717) is 0 Å². The molecule has 0 radical (unpaired) electrons. The van der Waals surface area contributed by atoms with Crippen molar-refractivity contribution in [3.8, 4) is 5.75 Å². The minimum absolute atomic E-state index is 0.0527. The van der Waals surface area contributed by atoms with Crippen molar-refractivity contribution < 1.29 is 13.9 Å². The molecule has 2 aliphatic rings. The van der Waals surface area contributed by atoms with Gasteiger partial charge < -0.3 is 10.1 Å². The van der Waals surface area contributed by atoms with Gasteiger partial charge >= 0.3 is 0 Å². The fourth-order valence-electron chi connectivity index (χ4n) is 4.89. The largest absolute Gasteiger partial charge is 0.496 e. The first kappa shape index (κ1) is 19.9. The molecule has 5 heteroatoms. The van der Waals surface area contributed by atoms with Crippen molar-refractivity contribution in [2.75, 3.05) is 20.2 Å². The van der Waals surface area contributed by atoms with Crippen LogP contribution in [-0.2, 0) is 29.7 Å². The van der Waals surface area contributed by atoms with E-state index in [1.54, 1.807) is 26.2 Å². The van der Waals surface area contributed by atoms with Crippen LogP contribution in [0.4, 0.5) is 4.39 Å². The molecule has 0 unspecified atom stereocenters. The van der Waals surface area contributed by atoms with Crippen molar-refractivity contribution in [1.82, 2.24) is 10.2 Å². The predicted molar refractivity (Wildman–Crippen MR) is 111 cm³/mol. The molecule has 1 aliphatic heterocycles. The summed E-state index contributed by atoms with van der Waals surface area (Å²) in [4.78, 5) is 14.3. The maximum Gasteiger partial charge on any atom is 0.217 e. The summed E-state index contributed by atoms with van der Waals surface area (Å²) in [5, 5.41) is 3.16. The summed E-state index contributed by atoms with van der Waals surface area (Å²) < 4.78 is 19.1. The number of likely N-dealkylation sites (tertiary alicyclic amines) is 1. The fraction of sp³-hybridized carbons (Fsp3) is 0.458. The average molecular weight is 397 g/mol. The number of rotatable bonds is 5. The number of nitrogens with one attached hydrogen (secondary N) is 1. The Bertz CT molecular complexity index is 886. The molecule has 0 aromatic heterocycles. The summed E-state index contributed by atoms with van der Waals surface area (Å²) in [5.74, 6) is 0.666. The van der Waals surface area contributed by atoms with Crippen LogP contribution in [0.25, 0.3) is 0 Å². The Kier molecular flexibility index (Phi) is 5.59. The van der Waals surface area contributed by atoms with Gasteiger partial charge in [0.1, 0.15) is 11.6 Å². The van der Waals surface area contributed by atoms with E-state index in [0.717, 1.165) is 56.6 Å². The van der Waals surface area contributed by atoms with Gasteiger partial charge in [-0.15, -0.1) is 0 Å². The van der Waals surface area contributed by atoms with Crippen LogP contribution in [0.5, 0.6) is 5.75 Å². The number of carbonyl (C=O) groups excluding carboxylic acids is 1. The van der Waals surface area contributed by atoms with Crippen LogP contribution in [0, 0.1) is 5.82 Å². The zero-order chi connectivity index (χ0) is 20.4. The van der Waals surface area contributed by atoms with Crippen LogP contribution < -0.4 is 10.1 Å². The van der Waals surface area contributed by atoms with Gasteiger partial charge in [-0.25, -0.2) is 4.39 Å². The summed E-state index contributed by atoms with van der Waals surface area (Å²) in [6, 6.07) is 11.1. The van der Waals surface area contributed by atoms with E-state index in [1.807, 2.05) is 0 Å². The summed E-state index contributed by atoms with van der Waals surface area (Å²) >= 11 is 0. The highest BCUT2D eigenvalue weighted by molar-refractivity contribution is 5.74. The highest BCUT2D eigenvalue weighted by atomic mass is 19.1. The molecule has 2 aromatic carbocycles. The third-order valence-electron chi connectivity index (χ3n) is 6.41. The van der Waals surface area contributed by atoms with Gasteiger partial charge in [0.15, 0.2) is 0 Å². The first-order valence-electron chi connectivity index (χ1n) is 10.4. The molecule has 4 rings (SSSR count). The van der Waals surface area contributed by atoms with Crippen LogP contribution in [0.1, 0.15) is 48.4 Å². The number of fused-ring (bicyclic) bond motifs is 1. The lowest BCUT2D eigenvalue weighted by Gasteiger charge is -2.43. The predicted octanol–water partition coefficient (Wildman–Crippen LogP) is 3.95. The van der Waals surface area contributed by atoms with Crippen molar-refractivity contribution in [3.05, 3.63) is 64.5 Å². The van der Waals surface area contributed by atoms with Gasteiger partial charge in [0, 0.05) is 32.1 Å². The zero-order valence-corrected chi connectivity index (χ0v) is 17.3. The quantitative estimate of drug-likeness (QED) is 0.832. The third kappa shape index (κ3) is 4.15. The average Bonchev–Trinajstić information content (AvgIpc) is 3.16. The van der Waals surface area contributed by atoms with Gasteiger partial charge in [0.05, 0.1) is 12.6 Å². The molecular formula is C24H29FN2O2. The van der Waals surface area contributed by atoms with Crippen LogP contribution >= 0.6 is 0 Å². The summed E-state index contributed by atoms with van der Waals surface area (Å²) in [6.07, 6.45) is 5.12. The molecule has 1 saturated heterocycles. The monoisotopic (exact) mass is 396 g/mol. The molecule has 1 heterocycles. The van der Waals surface area contributed by atoms with E-state index in [2.05, 4.69) is 22.3 Å². The van der Waals surface area contributed by atoms with Crippen molar-refractivity contribution in [2.45, 2.75) is 51.1 Å². The lowest BCUT2D eigenvalue weighted by atomic mass is 9.80. The lowest BCUT2D eigenvalue weighted by Crippen LogP contribution is -2.52. The Labute approximate surface area is 172 Å². The minimum atomic E-state index is -0.432. The molecule has 29 heavy (non-hydrogen) atoms. The number of methoxy groups -OCH3 is 1. The highest BCUT2D eigenvalue weighted by Gasteiger charge is 2.37. The van der Waals surface area contributed by atoms with Crippen LogP contribution in [-0.4, -0.2) is 31.0 Å². The highest BCUT2D eigenvalue weighted by Crippen LogP contribution is 2.35. The van der Waals surface area contributed by atoms with Gasteiger partial charge in [-0.2, -0.15) is 0 Å². The molecule has 0 bridgehead atoms. The normalized spacial score (nSPS) is 18.3. The number of hydrogen-bond acceptors (Lipinski definition) is 3. The molecule has 154 valence electrons. The Hall–Kier alpha value is -2.40. The van der Waals surface area contributed by atoms with Gasteiger partial charge in [-0.05, 0) is 67.0 Å². The minimum Gasteiger partial charge on any atom is -0.496 e. The van der Waals surface area contributed by atoms with Gasteiger partial charge in [-0.3, -0.25) is 9.69 Å². The number of hydrogen-bond donors (Lipinski definition) is 1. The second-order valence-corrected chi connectivity index (χ2v) is 8.33. The van der Waals surface area contributed by atoms with Gasteiger partial charge in [-0.1, -0.05) is 18.2 Å². The molecule has 1 fully saturated rings. The first-order valence-corrected chi connectivity index (χ1v) is 10.4. The smallest absolute Gasteiger partial charge is 0.217 e. The number of piperidine rings is 1. The van der Waals surface area contributed by atoms with Crippen LogP contribution in [0.3, 0.4) is 0 Å². The second kappa shape index (κ2) is 8.15. The number of benzene rings is 2. The molecule has 0 atom stereocenters. The number of amides is 1. The molecule has 0 spiro atoms. The molecular weight excluding hydrogens is 367 g/mol. The van der Waals surface area contributed by atoms with E-state index in [4.69, 9.17) is 4.74 Å². The standard InChI is InChI=1S/C24H29FN2O2/c1-17(28)26-24(21-6-8-22(25)9-7-21)10-12-27(13-11-24)16-20-14-18-4-3-5-19(18)15-23(20)29-2/h6-9,14-15H,3-5,10-13,16H2,1-2H3,(H,26,28). The Balaban J connectivity index is 1.50. The van der Waals surface area contributed by atoms with E-state index < -0.39 is 5.54 Å². The number of ether oxygens (including phenoxy) is 1. The topological polar surface area (TPSA) is 41.6 Å². The van der Waals surface area contributed by atoms with E-state index in [1.165, 1.54) is 35.2 Å². The Morgan fingerprint density at radius 1 is 1.14 bits per heavy atom. The Morgan fingerprint density at radius 3 is 2.41 bits per heavy atom. The summed E-state index contributed by atoms with van der Waals surface area (Å²) in [7, 11) is 1.74. The molecule has 2 aromatic rings. The van der Waals surface area contributed by atoms with Crippen molar-refractivity contribution >= 4 is 5.91 Å². The molecule has 4 nitrogen and oxygen atoms in total. The number of halogens is 1. The third-order valence-corrected chi connectivity index (χ3v) is 6.41. The zero-order valence-electron chi connectivity index (χ0n) is 17.3. The van der Waals surface area contributed by atoms with E-state index >= 15 is 0 Å². The lowest BCUT2D eigenvalue weighted by molar-refractivity contribution is -0.121. The van der Waals surface area contributed by atoms with Crippen LogP contribution in [0.2, 0.25) is 0 Å². The van der Waals surface area contributed by atoms with E-state index in [9.17, 15) is 9.18 Å².